The Balaban J connectivity index is 1.56. The number of carbonyl (C=O) groups is 2. The number of fused-ring (bicyclic) bond motifs is 1. The molecule has 0 spiro atoms. The highest BCUT2D eigenvalue weighted by molar-refractivity contribution is 7.93. The molecule has 0 aliphatic carbocycles. The zero-order valence-corrected chi connectivity index (χ0v) is 20.6. The Hall–Kier alpha value is -2.66. The van der Waals surface area contributed by atoms with Gasteiger partial charge in [-0.05, 0) is 30.5 Å². The summed E-state index contributed by atoms with van der Waals surface area (Å²) < 4.78 is 34.3. The van der Waals surface area contributed by atoms with E-state index in [1.807, 2.05) is 13.8 Å². The highest BCUT2D eigenvalue weighted by Gasteiger charge is 2.29. The lowest BCUT2D eigenvalue weighted by atomic mass is 10.1. The van der Waals surface area contributed by atoms with Crippen LogP contribution in [0, 0.1) is 5.92 Å². The maximum absolute atomic E-state index is 13.2. The van der Waals surface area contributed by atoms with Gasteiger partial charge in [0.25, 0.3) is 10.0 Å². The molecule has 1 aromatic heterocycles. The standard InChI is InChI=1S/C22H28N4O5S2/c1-14(2)11-21(28)25-10-8-16-18(13-25)32-22(23-16)24-33(29,30)19-12-15(6-7-17(19)31-3)26-9-4-5-20(26)27/h6-7,12,14H,4-5,8-11,13H2,1-3H3,(H,23,24). The SMILES string of the molecule is COc1ccc(N2CCCC2=O)cc1S(=O)(=O)Nc1nc2c(s1)CN(C(=O)CC(C)C)CC2. The summed E-state index contributed by atoms with van der Waals surface area (Å²) in [6, 6.07) is 4.71. The van der Waals surface area contributed by atoms with E-state index in [-0.39, 0.29) is 33.5 Å². The number of thiazole rings is 1. The van der Waals surface area contributed by atoms with Crippen LogP contribution in [0.4, 0.5) is 10.8 Å². The summed E-state index contributed by atoms with van der Waals surface area (Å²) in [5, 5.41) is 0.253. The second-order valence-electron chi connectivity index (χ2n) is 8.64. The van der Waals surface area contributed by atoms with Crippen molar-refractivity contribution in [1.29, 1.82) is 0 Å². The maximum Gasteiger partial charge on any atom is 0.267 e. The summed E-state index contributed by atoms with van der Waals surface area (Å²) in [7, 11) is -2.61. The third-order valence-electron chi connectivity index (χ3n) is 5.71. The number of aromatic nitrogens is 1. The summed E-state index contributed by atoms with van der Waals surface area (Å²) >= 11 is 1.24. The average Bonchev–Trinajstić information content (AvgIpc) is 3.36. The molecule has 178 valence electrons. The Morgan fingerprint density at radius 3 is 2.73 bits per heavy atom. The van der Waals surface area contributed by atoms with Crippen LogP contribution in [0.25, 0.3) is 0 Å². The third-order valence-corrected chi connectivity index (χ3v) is 8.20. The molecule has 3 heterocycles. The Kier molecular flexibility index (Phi) is 6.62. The van der Waals surface area contributed by atoms with Crippen LogP contribution in [0.5, 0.6) is 5.75 Å². The fraction of sp³-hybridized carbons (Fsp3) is 0.500. The molecule has 0 saturated carbocycles. The smallest absolute Gasteiger partial charge is 0.267 e. The van der Waals surface area contributed by atoms with E-state index in [0.29, 0.717) is 44.6 Å². The number of hydrogen-bond donors (Lipinski definition) is 1. The minimum absolute atomic E-state index is 0.0272. The number of sulfonamides is 1. The molecule has 1 saturated heterocycles. The van der Waals surface area contributed by atoms with Crippen molar-refractivity contribution in [2.75, 3.05) is 29.8 Å². The molecule has 2 aliphatic heterocycles. The van der Waals surface area contributed by atoms with E-state index in [2.05, 4.69) is 9.71 Å². The molecule has 4 rings (SSSR count). The monoisotopic (exact) mass is 492 g/mol. The highest BCUT2D eigenvalue weighted by Crippen LogP contribution is 2.34. The molecule has 0 atom stereocenters. The molecule has 0 unspecified atom stereocenters. The molecular formula is C22H28N4O5S2. The number of amides is 2. The summed E-state index contributed by atoms with van der Waals surface area (Å²) in [5.74, 6) is 0.541. The van der Waals surface area contributed by atoms with Gasteiger partial charge in [-0.3, -0.25) is 14.3 Å². The van der Waals surface area contributed by atoms with Gasteiger partial charge in [0.1, 0.15) is 10.6 Å². The predicted octanol–water partition coefficient (Wildman–Crippen LogP) is 3.01. The topological polar surface area (TPSA) is 109 Å². The number of nitrogens with one attached hydrogen (secondary N) is 1. The lowest BCUT2D eigenvalue weighted by Gasteiger charge is -2.26. The second-order valence-corrected chi connectivity index (χ2v) is 11.4. The molecule has 1 fully saturated rings. The van der Waals surface area contributed by atoms with Crippen molar-refractivity contribution in [3.8, 4) is 5.75 Å². The molecule has 2 aliphatic rings. The molecule has 1 aromatic carbocycles. The quantitative estimate of drug-likeness (QED) is 0.636. The van der Waals surface area contributed by atoms with Gasteiger partial charge < -0.3 is 14.5 Å². The first-order chi connectivity index (χ1) is 15.7. The van der Waals surface area contributed by atoms with Crippen molar-refractivity contribution in [2.24, 2.45) is 5.92 Å². The number of carbonyl (C=O) groups excluding carboxylic acids is 2. The van der Waals surface area contributed by atoms with Gasteiger partial charge in [-0.1, -0.05) is 25.2 Å². The van der Waals surface area contributed by atoms with Crippen LogP contribution >= 0.6 is 11.3 Å². The first-order valence-electron chi connectivity index (χ1n) is 11.0. The van der Waals surface area contributed by atoms with Crippen LogP contribution in [0.2, 0.25) is 0 Å². The number of benzene rings is 1. The number of rotatable bonds is 7. The molecule has 11 heteroatoms. The Morgan fingerprint density at radius 1 is 1.27 bits per heavy atom. The van der Waals surface area contributed by atoms with Gasteiger partial charge in [-0.25, -0.2) is 13.4 Å². The fourth-order valence-corrected chi connectivity index (χ4v) is 6.51. The van der Waals surface area contributed by atoms with Crippen LogP contribution in [-0.2, 0) is 32.6 Å². The molecule has 0 bridgehead atoms. The summed E-state index contributed by atoms with van der Waals surface area (Å²) in [6.07, 6.45) is 2.27. The van der Waals surface area contributed by atoms with E-state index >= 15 is 0 Å². The normalized spacial score (nSPS) is 16.3. The van der Waals surface area contributed by atoms with E-state index in [4.69, 9.17) is 4.74 Å². The highest BCUT2D eigenvalue weighted by atomic mass is 32.2. The number of methoxy groups -OCH3 is 1. The third kappa shape index (κ3) is 4.98. The first-order valence-corrected chi connectivity index (χ1v) is 13.3. The van der Waals surface area contributed by atoms with Crippen LogP contribution in [-0.4, -0.2) is 50.3 Å². The number of ether oxygens (including phenoxy) is 1. The van der Waals surface area contributed by atoms with Crippen LogP contribution in [0.3, 0.4) is 0 Å². The fourth-order valence-electron chi connectivity index (χ4n) is 4.06. The van der Waals surface area contributed by atoms with Gasteiger partial charge >= 0.3 is 0 Å². The van der Waals surface area contributed by atoms with Crippen LogP contribution in [0.15, 0.2) is 23.1 Å². The number of nitrogens with zero attached hydrogens (tertiary/aromatic N) is 3. The number of anilines is 2. The second kappa shape index (κ2) is 9.30. The maximum atomic E-state index is 13.2. The summed E-state index contributed by atoms with van der Waals surface area (Å²) in [5.41, 5.74) is 1.34. The van der Waals surface area contributed by atoms with Crippen LogP contribution < -0.4 is 14.4 Å². The lowest BCUT2D eigenvalue weighted by Crippen LogP contribution is -2.36. The predicted molar refractivity (Wildman–Crippen MR) is 126 cm³/mol. The van der Waals surface area contributed by atoms with Crippen molar-refractivity contribution in [3.63, 3.8) is 0 Å². The van der Waals surface area contributed by atoms with E-state index < -0.39 is 10.0 Å². The molecule has 9 nitrogen and oxygen atoms in total. The zero-order chi connectivity index (χ0) is 23.8. The van der Waals surface area contributed by atoms with Gasteiger partial charge in [-0.15, -0.1) is 0 Å². The van der Waals surface area contributed by atoms with Crippen molar-refractivity contribution < 1.29 is 22.7 Å². The molecule has 2 aromatic rings. The number of hydrogen-bond acceptors (Lipinski definition) is 7. The van der Waals surface area contributed by atoms with Crippen molar-refractivity contribution in [2.45, 2.75) is 51.0 Å². The summed E-state index contributed by atoms with van der Waals surface area (Å²) in [6.45, 7) is 5.60. The lowest BCUT2D eigenvalue weighted by molar-refractivity contribution is -0.132. The molecular weight excluding hydrogens is 464 g/mol. The molecule has 0 radical (unpaired) electrons. The average molecular weight is 493 g/mol. The van der Waals surface area contributed by atoms with Gasteiger partial charge in [-0.2, -0.15) is 0 Å². The van der Waals surface area contributed by atoms with E-state index in [1.54, 1.807) is 21.9 Å². The van der Waals surface area contributed by atoms with E-state index in [1.165, 1.54) is 24.5 Å². The van der Waals surface area contributed by atoms with Crippen molar-refractivity contribution in [1.82, 2.24) is 9.88 Å². The minimum atomic E-state index is -4.02. The Labute approximate surface area is 197 Å². The molecule has 2 amide bonds. The Morgan fingerprint density at radius 2 is 2.06 bits per heavy atom. The van der Waals surface area contributed by atoms with Gasteiger partial charge in [0.2, 0.25) is 11.8 Å². The van der Waals surface area contributed by atoms with E-state index in [0.717, 1.165) is 17.0 Å². The Bertz CT molecular complexity index is 1180. The van der Waals surface area contributed by atoms with Crippen LogP contribution in [0.1, 0.15) is 43.7 Å². The van der Waals surface area contributed by atoms with E-state index in [9.17, 15) is 18.0 Å². The zero-order valence-electron chi connectivity index (χ0n) is 19.0. The minimum Gasteiger partial charge on any atom is -0.495 e. The molecule has 1 N–H and O–H groups in total. The summed E-state index contributed by atoms with van der Waals surface area (Å²) in [4.78, 5) is 33.2. The van der Waals surface area contributed by atoms with Gasteiger partial charge in [0.05, 0.1) is 19.3 Å². The van der Waals surface area contributed by atoms with Gasteiger partial charge in [0, 0.05) is 42.9 Å². The van der Waals surface area contributed by atoms with Gasteiger partial charge in [0.15, 0.2) is 5.13 Å². The van der Waals surface area contributed by atoms with Crippen molar-refractivity contribution in [3.05, 3.63) is 28.8 Å². The first kappa shape index (κ1) is 23.5. The molecule has 33 heavy (non-hydrogen) atoms. The largest absolute Gasteiger partial charge is 0.495 e. The van der Waals surface area contributed by atoms with Crippen molar-refractivity contribution >= 4 is 44.0 Å².